The third kappa shape index (κ3) is 7.02. The number of nitrogens with one attached hydrogen (secondary N) is 3. The van der Waals surface area contributed by atoms with Crippen molar-refractivity contribution in [3.05, 3.63) is 70.7 Å². The van der Waals surface area contributed by atoms with Crippen LogP contribution in [-0.4, -0.2) is 42.8 Å². The number of ether oxygens (including phenoxy) is 1. The maximum absolute atomic E-state index is 13.4. The van der Waals surface area contributed by atoms with Crippen molar-refractivity contribution < 1.29 is 23.9 Å². The van der Waals surface area contributed by atoms with Gasteiger partial charge in [0, 0.05) is 22.9 Å². The number of alkyl carbamates (subject to hydrolysis) is 1. The third-order valence-electron chi connectivity index (χ3n) is 7.98. The second kappa shape index (κ2) is 13.3. The van der Waals surface area contributed by atoms with E-state index in [0.717, 1.165) is 30.4 Å². The van der Waals surface area contributed by atoms with Crippen LogP contribution in [0.25, 0.3) is 0 Å². The van der Waals surface area contributed by atoms with E-state index in [1.165, 1.54) is 0 Å². The first kappa shape index (κ1) is 29.6. The van der Waals surface area contributed by atoms with Crippen LogP contribution in [-0.2, 0) is 24.5 Å². The maximum Gasteiger partial charge on any atom is 0.408 e. The molecule has 9 heteroatoms. The van der Waals surface area contributed by atoms with E-state index in [4.69, 9.17) is 16.3 Å². The van der Waals surface area contributed by atoms with E-state index in [2.05, 4.69) is 16.0 Å². The number of aldehydes is 1. The Morgan fingerprint density at radius 2 is 1.88 bits per heavy atom. The smallest absolute Gasteiger partial charge is 0.408 e. The van der Waals surface area contributed by atoms with Crippen molar-refractivity contribution in [2.45, 2.75) is 76.0 Å². The van der Waals surface area contributed by atoms with Crippen LogP contribution < -0.4 is 16.0 Å². The molecule has 40 heavy (non-hydrogen) atoms. The van der Waals surface area contributed by atoms with E-state index in [1.807, 2.05) is 68.4 Å². The number of rotatable bonds is 12. The first-order chi connectivity index (χ1) is 19.2. The summed E-state index contributed by atoms with van der Waals surface area (Å²) in [6, 6.07) is 15.5. The molecule has 214 valence electrons. The zero-order valence-corrected chi connectivity index (χ0v) is 23.8. The average Bonchev–Trinajstić information content (AvgIpc) is 3.31. The first-order valence-electron chi connectivity index (χ1n) is 14.0. The molecular formula is C31H38ClN3O5. The Bertz CT molecular complexity index is 1200. The molecule has 0 radical (unpaired) electrons. The van der Waals surface area contributed by atoms with Gasteiger partial charge in [-0.15, -0.1) is 0 Å². The molecule has 1 saturated heterocycles. The standard InChI is InChI=1S/C31H38ClN3O5/c1-20(2)16-26(29(38)34-25(19-36)17-22-12-15-33-28(22)37)35-30(39)40-27(21-8-4-3-5-9-21)31(13-7-14-31)23-10-6-11-24(32)18-23/h3-6,8-11,18-20,22,25-27H,7,12-17H2,1-2H3,(H,33,37)(H,34,38)(H,35,39)/t22-,25-,26-,27?/m0/s1. The maximum atomic E-state index is 13.4. The van der Waals surface area contributed by atoms with Gasteiger partial charge in [0.25, 0.3) is 0 Å². The van der Waals surface area contributed by atoms with E-state index in [0.29, 0.717) is 30.7 Å². The molecule has 2 fully saturated rings. The highest BCUT2D eigenvalue weighted by atomic mass is 35.5. The third-order valence-corrected chi connectivity index (χ3v) is 8.22. The topological polar surface area (TPSA) is 114 Å². The number of amides is 3. The molecule has 1 saturated carbocycles. The lowest BCUT2D eigenvalue weighted by molar-refractivity contribution is -0.127. The molecule has 0 bridgehead atoms. The number of carbonyl (C=O) groups is 4. The van der Waals surface area contributed by atoms with Crippen molar-refractivity contribution >= 4 is 35.8 Å². The number of benzene rings is 2. The average molecular weight is 568 g/mol. The van der Waals surface area contributed by atoms with Gasteiger partial charge in [0.1, 0.15) is 18.4 Å². The Labute approximate surface area is 240 Å². The molecule has 1 aliphatic carbocycles. The molecule has 1 unspecified atom stereocenters. The van der Waals surface area contributed by atoms with Gasteiger partial charge in [-0.1, -0.05) is 74.3 Å². The van der Waals surface area contributed by atoms with Crippen LogP contribution in [0.5, 0.6) is 0 Å². The predicted molar refractivity (Wildman–Crippen MR) is 153 cm³/mol. The molecule has 1 heterocycles. The molecule has 3 N–H and O–H groups in total. The molecular weight excluding hydrogens is 530 g/mol. The van der Waals surface area contributed by atoms with Gasteiger partial charge in [0.05, 0.1) is 6.04 Å². The number of halogens is 1. The quantitative estimate of drug-likeness (QED) is 0.317. The molecule has 3 amide bonds. The fourth-order valence-electron chi connectivity index (χ4n) is 5.78. The minimum Gasteiger partial charge on any atom is -0.440 e. The largest absolute Gasteiger partial charge is 0.440 e. The van der Waals surface area contributed by atoms with Crippen molar-refractivity contribution in [3.63, 3.8) is 0 Å². The summed E-state index contributed by atoms with van der Waals surface area (Å²) >= 11 is 6.34. The second-order valence-corrected chi connectivity index (χ2v) is 11.7. The number of hydrogen-bond acceptors (Lipinski definition) is 5. The Morgan fingerprint density at radius 1 is 1.12 bits per heavy atom. The van der Waals surface area contributed by atoms with Crippen LogP contribution in [0.1, 0.15) is 69.6 Å². The highest BCUT2D eigenvalue weighted by Gasteiger charge is 2.48. The highest BCUT2D eigenvalue weighted by Crippen LogP contribution is 2.54. The normalized spacial score (nSPS) is 20.0. The van der Waals surface area contributed by atoms with Crippen molar-refractivity contribution in [2.24, 2.45) is 11.8 Å². The monoisotopic (exact) mass is 567 g/mol. The fraction of sp³-hybridized carbons (Fsp3) is 0.484. The fourth-order valence-corrected chi connectivity index (χ4v) is 5.97. The Kier molecular flexibility index (Phi) is 9.85. The number of carbonyl (C=O) groups excluding carboxylic acids is 4. The SMILES string of the molecule is CC(C)C[C@H](NC(=O)OC(c1ccccc1)C1(c2cccc(Cl)c2)CCC1)C(=O)N[C@H](C=O)C[C@@H]1CCNC1=O. The van der Waals surface area contributed by atoms with Crippen LogP contribution in [0.2, 0.25) is 5.02 Å². The number of hydrogen-bond donors (Lipinski definition) is 3. The highest BCUT2D eigenvalue weighted by molar-refractivity contribution is 6.30. The van der Waals surface area contributed by atoms with E-state index in [-0.39, 0.29) is 24.2 Å². The Hall–Kier alpha value is -3.39. The summed E-state index contributed by atoms with van der Waals surface area (Å²) in [7, 11) is 0. The summed E-state index contributed by atoms with van der Waals surface area (Å²) in [5.41, 5.74) is 1.43. The Balaban J connectivity index is 1.51. The van der Waals surface area contributed by atoms with Gasteiger partial charge in [0.15, 0.2) is 0 Å². The van der Waals surface area contributed by atoms with E-state index < -0.39 is 35.6 Å². The predicted octanol–water partition coefficient (Wildman–Crippen LogP) is 4.85. The van der Waals surface area contributed by atoms with Gasteiger partial charge in [-0.05, 0) is 61.3 Å². The van der Waals surface area contributed by atoms with Gasteiger partial charge < -0.3 is 25.5 Å². The summed E-state index contributed by atoms with van der Waals surface area (Å²) in [6.07, 6.45) is 3.18. The minimum atomic E-state index is -0.910. The van der Waals surface area contributed by atoms with Crippen LogP contribution in [0.4, 0.5) is 4.79 Å². The molecule has 1 aliphatic heterocycles. The summed E-state index contributed by atoms with van der Waals surface area (Å²) in [6.45, 7) is 4.46. The molecule has 4 rings (SSSR count). The van der Waals surface area contributed by atoms with Crippen molar-refractivity contribution in [3.8, 4) is 0 Å². The summed E-state index contributed by atoms with van der Waals surface area (Å²) in [5.74, 6) is -0.835. The van der Waals surface area contributed by atoms with Gasteiger partial charge in [-0.3, -0.25) is 9.59 Å². The lowest BCUT2D eigenvalue weighted by atomic mass is 9.60. The van der Waals surface area contributed by atoms with Crippen molar-refractivity contribution in [2.75, 3.05) is 6.54 Å². The van der Waals surface area contributed by atoms with Gasteiger partial charge in [-0.2, -0.15) is 0 Å². The van der Waals surface area contributed by atoms with Gasteiger partial charge in [-0.25, -0.2) is 4.79 Å². The van der Waals surface area contributed by atoms with E-state index in [1.54, 1.807) is 0 Å². The van der Waals surface area contributed by atoms with Crippen molar-refractivity contribution in [1.29, 1.82) is 0 Å². The molecule has 2 aliphatic rings. The minimum absolute atomic E-state index is 0.0840. The molecule has 2 aromatic carbocycles. The summed E-state index contributed by atoms with van der Waals surface area (Å²) < 4.78 is 6.16. The summed E-state index contributed by atoms with van der Waals surface area (Å²) in [4.78, 5) is 50.4. The lowest BCUT2D eigenvalue weighted by Gasteiger charge is -2.47. The lowest BCUT2D eigenvalue weighted by Crippen LogP contribution is -2.52. The summed E-state index contributed by atoms with van der Waals surface area (Å²) in [5, 5.41) is 8.86. The molecule has 4 atom stereocenters. The zero-order chi connectivity index (χ0) is 28.7. The van der Waals surface area contributed by atoms with Crippen LogP contribution in [0, 0.1) is 11.8 Å². The van der Waals surface area contributed by atoms with Gasteiger partial charge >= 0.3 is 6.09 Å². The van der Waals surface area contributed by atoms with Crippen LogP contribution >= 0.6 is 11.6 Å². The van der Waals surface area contributed by atoms with Crippen LogP contribution in [0.3, 0.4) is 0 Å². The Morgan fingerprint density at radius 3 is 2.45 bits per heavy atom. The van der Waals surface area contributed by atoms with Gasteiger partial charge in [0.2, 0.25) is 11.8 Å². The molecule has 2 aromatic rings. The van der Waals surface area contributed by atoms with Crippen molar-refractivity contribution in [1.82, 2.24) is 16.0 Å². The van der Waals surface area contributed by atoms with E-state index >= 15 is 0 Å². The van der Waals surface area contributed by atoms with Crippen LogP contribution in [0.15, 0.2) is 54.6 Å². The molecule has 8 nitrogen and oxygen atoms in total. The molecule has 0 aromatic heterocycles. The molecule has 0 spiro atoms. The van der Waals surface area contributed by atoms with E-state index in [9.17, 15) is 19.2 Å². The second-order valence-electron chi connectivity index (χ2n) is 11.3. The zero-order valence-electron chi connectivity index (χ0n) is 23.0. The first-order valence-corrected chi connectivity index (χ1v) is 14.4.